The predicted molar refractivity (Wildman–Crippen MR) is 170 cm³/mol. The Morgan fingerprint density at radius 2 is 0.750 bits per heavy atom. The standard InChI is InChI=1S/C36H68O4/c1-3-5-7-12-19-25-33-31(23-17-6-4-2)29-30-32(24-18-13-8-10-15-21-27-35(37)38)34(33)26-20-14-9-11-16-22-28-36(39)40/h31-34H,3-30H2,1-2H3,(H,37,38)(H,39,40). The molecular weight excluding hydrogens is 496 g/mol. The molecule has 0 aromatic carbocycles. The fourth-order valence-corrected chi connectivity index (χ4v) is 7.57. The van der Waals surface area contributed by atoms with E-state index in [4.69, 9.17) is 10.2 Å². The summed E-state index contributed by atoms with van der Waals surface area (Å²) in [4.78, 5) is 21.5. The van der Waals surface area contributed by atoms with Gasteiger partial charge in [-0.3, -0.25) is 9.59 Å². The third-order valence-electron chi connectivity index (χ3n) is 9.88. The first kappa shape index (κ1) is 37.0. The van der Waals surface area contributed by atoms with E-state index < -0.39 is 11.9 Å². The van der Waals surface area contributed by atoms with Crippen molar-refractivity contribution in [3.8, 4) is 0 Å². The smallest absolute Gasteiger partial charge is 0.303 e. The van der Waals surface area contributed by atoms with Crippen LogP contribution in [0.1, 0.15) is 194 Å². The molecule has 0 amide bonds. The molecule has 4 nitrogen and oxygen atoms in total. The Labute approximate surface area is 248 Å². The van der Waals surface area contributed by atoms with Crippen molar-refractivity contribution in [2.24, 2.45) is 23.7 Å². The molecule has 0 heterocycles. The van der Waals surface area contributed by atoms with Crippen molar-refractivity contribution in [2.75, 3.05) is 0 Å². The van der Waals surface area contributed by atoms with Gasteiger partial charge in [0, 0.05) is 12.8 Å². The zero-order valence-corrected chi connectivity index (χ0v) is 26.8. The molecule has 0 radical (unpaired) electrons. The summed E-state index contributed by atoms with van der Waals surface area (Å²) in [6.45, 7) is 4.65. The second-order valence-corrected chi connectivity index (χ2v) is 13.2. The maximum Gasteiger partial charge on any atom is 0.303 e. The van der Waals surface area contributed by atoms with E-state index in [9.17, 15) is 9.59 Å². The first-order valence-electron chi connectivity index (χ1n) is 17.9. The van der Waals surface area contributed by atoms with Crippen LogP contribution in [0.15, 0.2) is 0 Å². The molecule has 1 rings (SSSR count). The van der Waals surface area contributed by atoms with Crippen LogP contribution in [0.2, 0.25) is 0 Å². The van der Waals surface area contributed by atoms with E-state index in [2.05, 4.69) is 13.8 Å². The minimum Gasteiger partial charge on any atom is -0.481 e. The van der Waals surface area contributed by atoms with E-state index in [1.165, 1.54) is 141 Å². The van der Waals surface area contributed by atoms with E-state index in [1.54, 1.807) is 0 Å². The number of rotatable bonds is 28. The first-order valence-corrected chi connectivity index (χ1v) is 17.9. The molecule has 2 N–H and O–H groups in total. The molecule has 0 aromatic heterocycles. The van der Waals surface area contributed by atoms with E-state index in [0.29, 0.717) is 12.8 Å². The lowest BCUT2D eigenvalue weighted by Crippen LogP contribution is -2.35. The quantitative estimate of drug-likeness (QED) is 0.0927. The second kappa shape index (κ2) is 25.6. The van der Waals surface area contributed by atoms with Crippen molar-refractivity contribution >= 4 is 11.9 Å². The lowest BCUT2D eigenvalue weighted by Gasteiger charge is -2.44. The Balaban J connectivity index is 2.64. The topological polar surface area (TPSA) is 74.6 Å². The lowest BCUT2D eigenvalue weighted by molar-refractivity contribution is -0.138. The second-order valence-electron chi connectivity index (χ2n) is 13.2. The Hall–Kier alpha value is -1.06. The van der Waals surface area contributed by atoms with E-state index in [-0.39, 0.29) is 0 Å². The Bertz CT molecular complexity index is 604. The van der Waals surface area contributed by atoms with Crippen LogP contribution in [0, 0.1) is 23.7 Å². The minimum atomic E-state index is -0.658. The average Bonchev–Trinajstić information content (AvgIpc) is 2.92. The van der Waals surface area contributed by atoms with Crippen LogP contribution in [0.25, 0.3) is 0 Å². The van der Waals surface area contributed by atoms with Gasteiger partial charge in [0.15, 0.2) is 0 Å². The highest BCUT2D eigenvalue weighted by atomic mass is 16.4. The summed E-state index contributed by atoms with van der Waals surface area (Å²) in [5, 5.41) is 17.7. The third kappa shape index (κ3) is 19.1. The minimum absolute atomic E-state index is 0.325. The van der Waals surface area contributed by atoms with Gasteiger partial charge in [-0.15, -0.1) is 0 Å². The molecule has 0 aliphatic heterocycles. The summed E-state index contributed by atoms with van der Waals surface area (Å²) in [5.41, 5.74) is 0. The van der Waals surface area contributed by atoms with E-state index in [0.717, 1.165) is 49.4 Å². The Morgan fingerprint density at radius 1 is 0.450 bits per heavy atom. The van der Waals surface area contributed by atoms with Crippen LogP contribution in [0.3, 0.4) is 0 Å². The van der Waals surface area contributed by atoms with Crippen LogP contribution in [-0.4, -0.2) is 22.2 Å². The molecule has 1 saturated carbocycles. The molecule has 4 unspecified atom stereocenters. The van der Waals surface area contributed by atoms with Gasteiger partial charge < -0.3 is 10.2 Å². The molecule has 1 aliphatic carbocycles. The zero-order valence-electron chi connectivity index (χ0n) is 26.8. The average molecular weight is 565 g/mol. The van der Waals surface area contributed by atoms with Crippen LogP contribution in [0.4, 0.5) is 0 Å². The van der Waals surface area contributed by atoms with Gasteiger partial charge in [-0.25, -0.2) is 0 Å². The maximum absolute atomic E-state index is 10.8. The molecule has 1 fully saturated rings. The summed E-state index contributed by atoms with van der Waals surface area (Å²) in [5.74, 6) is 2.39. The SMILES string of the molecule is CCCCCCCC1C(CCCCC)CCC(CCCCCCCCC(=O)O)C1CCCCCCCCC(=O)O. The first-order chi connectivity index (χ1) is 19.5. The molecular formula is C36H68O4. The van der Waals surface area contributed by atoms with E-state index in [1.807, 2.05) is 0 Å². The van der Waals surface area contributed by atoms with Gasteiger partial charge in [-0.2, -0.15) is 0 Å². The fraction of sp³-hybridized carbons (Fsp3) is 0.944. The number of hydrogen-bond donors (Lipinski definition) is 2. The molecule has 4 heteroatoms. The summed E-state index contributed by atoms with van der Waals surface area (Å²) in [6.07, 6.45) is 34.4. The predicted octanol–water partition coefficient (Wildman–Crippen LogP) is 11.6. The largest absolute Gasteiger partial charge is 0.481 e. The highest BCUT2D eigenvalue weighted by Gasteiger charge is 2.37. The number of carbonyl (C=O) groups is 2. The van der Waals surface area contributed by atoms with Crippen LogP contribution < -0.4 is 0 Å². The molecule has 1 aliphatic rings. The Morgan fingerprint density at radius 3 is 1.15 bits per heavy atom. The summed E-state index contributed by atoms with van der Waals surface area (Å²) in [7, 11) is 0. The van der Waals surface area contributed by atoms with Gasteiger partial charge in [-0.05, 0) is 62.2 Å². The molecule has 0 spiro atoms. The van der Waals surface area contributed by atoms with Gasteiger partial charge in [0.25, 0.3) is 0 Å². The number of unbranched alkanes of at least 4 members (excludes halogenated alkanes) is 16. The van der Waals surface area contributed by atoms with Gasteiger partial charge in [0.1, 0.15) is 0 Å². The van der Waals surface area contributed by atoms with E-state index >= 15 is 0 Å². The Kier molecular flexibility index (Phi) is 23.7. The number of hydrogen-bond acceptors (Lipinski definition) is 2. The fourth-order valence-electron chi connectivity index (χ4n) is 7.57. The summed E-state index contributed by atoms with van der Waals surface area (Å²) in [6, 6.07) is 0. The summed E-state index contributed by atoms with van der Waals surface area (Å²) < 4.78 is 0. The lowest BCUT2D eigenvalue weighted by atomic mass is 9.61. The van der Waals surface area contributed by atoms with Gasteiger partial charge in [0.05, 0.1) is 0 Å². The number of carboxylic acids is 2. The maximum atomic E-state index is 10.8. The van der Waals surface area contributed by atoms with Crippen molar-refractivity contribution in [1.29, 1.82) is 0 Å². The van der Waals surface area contributed by atoms with Gasteiger partial charge in [0.2, 0.25) is 0 Å². The monoisotopic (exact) mass is 565 g/mol. The van der Waals surface area contributed by atoms with Crippen molar-refractivity contribution < 1.29 is 19.8 Å². The van der Waals surface area contributed by atoms with Crippen molar-refractivity contribution in [2.45, 2.75) is 194 Å². The van der Waals surface area contributed by atoms with Gasteiger partial charge in [-0.1, -0.05) is 142 Å². The molecule has 40 heavy (non-hydrogen) atoms. The molecule has 236 valence electrons. The highest BCUT2D eigenvalue weighted by molar-refractivity contribution is 5.66. The molecule has 0 saturated heterocycles. The third-order valence-corrected chi connectivity index (χ3v) is 9.88. The number of aliphatic carboxylic acids is 2. The molecule has 0 bridgehead atoms. The summed E-state index contributed by atoms with van der Waals surface area (Å²) >= 11 is 0. The van der Waals surface area contributed by atoms with Crippen molar-refractivity contribution in [3.05, 3.63) is 0 Å². The van der Waals surface area contributed by atoms with Crippen LogP contribution in [0.5, 0.6) is 0 Å². The van der Waals surface area contributed by atoms with Crippen LogP contribution >= 0.6 is 0 Å². The number of carboxylic acid groups (broad SMARTS) is 2. The van der Waals surface area contributed by atoms with Crippen molar-refractivity contribution in [1.82, 2.24) is 0 Å². The zero-order chi connectivity index (χ0) is 29.3. The van der Waals surface area contributed by atoms with Crippen LogP contribution in [-0.2, 0) is 9.59 Å². The van der Waals surface area contributed by atoms with Gasteiger partial charge >= 0.3 is 11.9 Å². The van der Waals surface area contributed by atoms with Crippen molar-refractivity contribution in [3.63, 3.8) is 0 Å². The molecule has 4 atom stereocenters. The normalized spacial score (nSPS) is 21.1. The molecule has 0 aromatic rings. The highest BCUT2D eigenvalue weighted by Crippen LogP contribution is 2.47.